The van der Waals surface area contributed by atoms with Crippen LogP contribution in [0, 0.1) is 0 Å². The number of carbonyl (C=O) groups excluding carboxylic acids is 1. The number of carbonyl (C=O) groups is 1. The maximum absolute atomic E-state index is 10.6. The minimum atomic E-state index is -0.507. The summed E-state index contributed by atoms with van der Waals surface area (Å²) in [5.74, 6) is -0.159. The van der Waals surface area contributed by atoms with Crippen LogP contribution in [0.4, 0.5) is 0 Å². The quantitative estimate of drug-likeness (QED) is 0.561. The van der Waals surface area contributed by atoms with Crippen LogP contribution in [0.5, 0.6) is 0 Å². The van der Waals surface area contributed by atoms with Gasteiger partial charge in [-0.1, -0.05) is 20.8 Å². The zero-order valence-electron chi connectivity index (χ0n) is 8.00. The first kappa shape index (κ1) is 13.9. The number of nitrogens with one attached hydrogen (secondary N) is 1. The molecule has 0 rings (SSSR count). The summed E-state index contributed by atoms with van der Waals surface area (Å²) in [6.45, 7) is 5.27. The van der Waals surface area contributed by atoms with E-state index in [4.69, 9.17) is 10.2 Å². The van der Waals surface area contributed by atoms with Crippen molar-refractivity contribution in [3.05, 3.63) is 0 Å². The molecule has 4 nitrogen and oxygen atoms in total. The van der Waals surface area contributed by atoms with Gasteiger partial charge < -0.3 is 15.5 Å². The summed E-state index contributed by atoms with van der Waals surface area (Å²) in [5.41, 5.74) is 0. The van der Waals surface area contributed by atoms with E-state index in [1.54, 1.807) is 6.92 Å². The maximum Gasteiger partial charge on any atom is 0.220 e. The van der Waals surface area contributed by atoms with Gasteiger partial charge in [-0.2, -0.15) is 0 Å². The molecule has 3 N–H and O–H groups in total. The van der Waals surface area contributed by atoms with Crippen LogP contribution in [-0.2, 0) is 4.79 Å². The van der Waals surface area contributed by atoms with Crippen molar-refractivity contribution in [1.82, 2.24) is 5.32 Å². The van der Waals surface area contributed by atoms with E-state index in [9.17, 15) is 4.79 Å². The van der Waals surface area contributed by atoms with Gasteiger partial charge in [0.2, 0.25) is 5.91 Å². The average molecular weight is 177 g/mol. The lowest BCUT2D eigenvalue weighted by Crippen LogP contribution is -2.39. The smallest absolute Gasteiger partial charge is 0.220 e. The number of hydrogen-bond acceptors (Lipinski definition) is 3. The molecular formula is C8H19NO3. The Bertz CT molecular complexity index is 102. The van der Waals surface area contributed by atoms with Crippen LogP contribution in [-0.4, -0.2) is 35.4 Å². The van der Waals surface area contributed by atoms with E-state index >= 15 is 0 Å². The monoisotopic (exact) mass is 177 g/mol. The molecule has 0 aromatic rings. The maximum atomic E-state index is 10.6. The van der Waals surface area contributed by atoms with Crippen LogP contribution in [0.2, 0.25) is 0 Å². The summed E-state index contributed by atoms with van der Waals surface area (Å²) in [7, 11) is 0. The molecule has 0 saturated carbocycles. The normalized spacial score (nSPS) is 8.83. The van der Waals surface area contributed by atoms with E-state index in [1.807, 2.05) is 13.8 Å². The molecule has 1 amide bonds. The second-order valence-corrected chi connectivity index (χ2v) is 1.98. The molecule has 0 spiro atoms. The van der Waals surface area contributed by atoms with Crippen LogP contribution in [0.25, 0.3) is 0 Å². The van der Waals surface area contributed by atoms with Crippen LogP contribution in [0.15, 0.2) is 0 Å². The lowest BCUT2D eigenvalue weighted by Gasteiger charge is -2.11. The van der Waals surface area contributed by atoms with Gasteiger partial charge in [0.1, 0.15) is 0 Å². The molecule has 0 aliphatic rings. The minimum absolute atomic E-state index is 0.159. The van der Waals surface area contributed by atoms with E-state index in [-0.39, 0.29) is 19.1 Å². The zero-order valence-corrected chi connectivity index (χ0v) is 8.00. The highest BCUT2D eigenvalue weighted by atomic mass is 16.3. The lowest BCUT2D eigenvalue weighted by molar-refractivity contribution is -0.122. The number of aliphatic hydroxyl groups excluding tert-OH is 2. The van der Waals surface area contributed by atoms with Crippen molar-refractivity contribution in [3.8, 4) is 0 Å². The highest BCUT2D eigenvalue weighted by Gasteiger charge is 2.06. The van der Waals surface area contributed by atoms with Crippen molar-refractivity contribution in [2.24, 2.45) is 0 Å². The Morgan fingerprint density at radius 3 is 2.00 bits per heavy atom. The van der Waals surface area contributed by atoms with Crippen molar-refractivity contribution in [1.29, 1.82) is 0 Å². The summed E-state index contributed by atoms with van der Waals surface area (Å²) in [5, 5.41) is 19.4. The number of rotatable bonds is 4. The SMILES string of the molecule is CC.CCC(=O)NC(CO)CO. The average Bonchev–Trinajstić information content (AvgIpc) is 2.16. The van der Waals surface area contributed by atoms with Crippen LogP contribution < -0.4 is 5.32 Å². The van der Waals surface area contributed by atoms with Gasteiger partial charge in [-0.05, 0) is 0 Å². The summed E-state index contributed by atoms with van der Waals surface area (Å²) < 4.78 is 0. The van der Waals surface area contributed by atoms with Crippen molar-refractivity contribution in [3.63, 3.8) is 0 Å². The molecule has 74 valence electrons. The third-order valence-electron chi connectivity index (χ3n) is 1.13. The van der Waals surface area contributed by atoms with Gasteiger partial charge in [-0.15, -0.1) is 0 Å². The number of hydrogen-bond donors (Lipinski definition) is 3. The first-order valence-corrected chi connectivity index (χ1v) is 4.25. The van der Waals surface area contributed by atoms with Crippen molar-refractivity contribution in [2.45, 2.75) is 33.2 Å². The first-order chi connectivity index (χ1) is 5.74. The van der Waals surface area contributed by atoms with Gasteiger partial charge in [-0.25, -0.2) is 0 Å². The van der Waals surface area contributed by atoms with E-state index in [0.717, 1.165) is 0 Å². The predicted octanol–water partition coefficient (Wildman–Crippen LogP) is -0.108. The van der Waals surface area contributed by atoms with Crippen LogP contribution in [0.1, 0.15) is 27.2 Å². The van der Waals surface area contributed by atoms with Crippen LogP contribution in [0.3, 0.4) is 0 Å². The fourth-order valence-corrected chi connectivity index (χ4v) is 0.479. The minimum Gasteiger partial charge on any atom is -0.394 e. The third-order valence-corrected chi connectivity index (χ3v) is 1.13. The van der Waals surface area contributed by atoms with Crippen LogP contribution >= 0.6 is 0 Å². The fourth-order valence-electron chi connectivity index (χ4n) is 0.479. The molecule has 0 aliphatic heterocycles. The van der Waals surface area contributed by atoms with E-state index in [2.05, 4.69) is 5.32 Å². The second-order valence-electron chi connectivity index (χ2n) is 1.98. The topological polar surface area (TPSA) is 69.6 Å². The third kappa shape index (κ3) is 7.50. The molecular weight excluding hydrogens is 158 g/mol. The van der Waals surface area contributed by atoms with Gasteiger partial charge in [-0.3, -0.25) is 4.79 Å². The van der Waals surface area contributed by atoms with Gasteiger partial charge in [0.05, 0.1) is 19.3 Å². The Morgan fingerprint density at radius 1 is 1.33 bits per heavy atom. The highest BCUT2D eigenvalue weighted by molar-refractivity contribution is 5.75. The Balaban J connectivity index is 0. The largest absolute Gasteiger partial charge is 0.394 e. The van der Waals surface area contributed by atoms with Gasteiger partial charge in [0.15, 0.2) is 0 Å². The Labute approximate surface area is 73.6 Å². The number of aliphatic hydroxyl groups is 2. The molecule has 0 bridgehead atoms. The van der Waals surface area contributed by atoms with Crippen molar-refractivity contribution >= 4 is 5.91 Å². The molecule has 0 fully saturated rings. The first-order valence-electron chi connectivity index (χ1n) is 4.25. The summed E-state index contributed by atoms with van der Waals surface area (Å²) in [6, 6.07) is -0.507. The fraction of sp³-hybridized carbons (Fsp3) is 0.875. The molecule has 0 aliphatic carbocycles. The second kappa shape index (κ2) is 10.4. The molecule has 0 radical (unpaired) electrons. The lowest BCUT2D eigenvalue weighted by atomic mass is 10.3. The van der Waals surface area contributed by atoms with E-state index in [0.29, 0.717) is 6.42 Å². The summed E-state index contributed by atoms with van der Waals surface area (Å²) in [4.78, 5) is 10.6. The molecule has 0 heterocycles. The number of amides is 1. The van der Waals surface area contributed by atoms with Crippen molar-refractivity contribution in [2.75, 3.05) is 13.2 Å². The van der Waals surface area contributed by atoms with Crippen molar-refractivity contribution < 1.29 is 15.0 Å². The molecule has 0 atom stereocenters. The molecule has 0 aromatic carbocycles. The zero-order chi connectivity index (χ0) is 9.98. The Morgan fingerprint density at radius 2 is 1.75 bits per heavy atom. The Kier molecular flexibility index (Phi) is 12.1. The summed E-state index contributed by atoms with van der Waals surface area (Å²) in [6.07, 6.45) is 0.372. The summed E-state index contributed by atoms with van der Waals surface area (Å²) >= 11 is 0. The Hall–Kier alpha value is -0.610. The molecule has 4 heteroatoms. The van der Waals surface area contributed by atoms with E-state index in [1.165, 1.54) is 0 Å². The van der Waals surface area contributed by atoms with Gasteiger partial charge >= 0.3 is 0 Å². The highest BCUT2D eigenvalue weighted by Crippen LogP contribution is 1.82. The van der Waals surface area contributed by atoms with E-state index < -0.39 is 6.04 Å². The van der Waals surface area contributed by atoms with Gasteiger partial charge in [0, 0.05) is 6.42 Å². The molecule has 0 aromatic heterocycles. The van der Waals surface area contributed by atoms with Gasteiger partial charge in [0.25, 0.3) is 0 Å². The molecule has 0 saturated heterocycles. The molecule has 0 unspecified atom stereocenters. The molecule has 12 heavy (non-hydrogen) atoms. The standard InChI is InChI=1S/C6H13NO3.C2H6/c1-2-6(10)7-5(3-8)4-9;1-2/h5,8-9H,2-4H2,1H3,(H,7,10);1-2H3. The predicted molar refractivity (Wildman–Crippen MR) is 47.7 cm³/mol.